The monoisotopic (exact) mass is 279 g/mol. The number of carboxylic acids is 1. The van der Waals surface area contributed by atoms with Crippen molar-refractivity contribution in [2.24, 2.45) is 0 Å². The number of amides is 1. The third-order valence-corrected chi connectivity index (χ3v) is 3.14. The molecule has 2 atom stereocenters. The Morgan fingerprint density at radius 2 is 1.95 bits per heavy atom. The summed E-state index contributed by atoms with van der Waals surface area (Å²) in [6.07, 6.45) is 1.91. The van der Waals surface area contributed by atoms with Crippen LogP contribution in [-0.4, -0.2) is 45.7 Å². The van der Waals surface area contributed by atoms with Crippen LogP contribution in [-0.2, 0) is 9.59 Å². The molecular weight excluding hydrogens is 265 g/mol. The maximum atomic E-state index is 12.7. The molecule has 1 heterocycles. The molecule has 6 heteroatoms. The number of aliphatic carboxylic acids is 1. The zero-order chi connectivity index (χ0) is 14.7. The van der Waals surface area contributed by atoms with Crippen molar-refractivity contribution >= 4 is 18.0 Å². The van der Waals surface area contributed by atoms with Gasteiger partial charge in [-0.25, -0.2) is 9.18 Å². The molecule has 0 radical (unpaired) electrons. The summed E-state index contributed by atoms with van der Waals surface area (Å²) < 4.78 is 12.7. The number of carbonyl (C=O) groups is 2. The number of halogens is 1. The number of carboxylic acid groups (broad SMARTS) is 1. The van der Waals surface area contributed by atoms with Crippen LogP contribution >= 0.6 is 0 Å². The third kappa shape index (κ3) is 3.21. The van der Waals surface area contributed by atoms with Crippen molar-refractivity contribution in [1.29, 1.82) is 0 Å². The van der Waals surface area contributed by atoms with Crippen molar-refractivity contribution in [3.63, 3.8) is 0 Å². The molecule has 0 spiro atoms. The van der Waals surface area contributed by atoms with Crippen molar-refractivity contribution in [3.8, 4) is 0 Å². The van der Waals surface area contributed by atoms with Crippen LogP contribution in [0.5, 0.6) is 0 Å². The number of hydrogen-bond donors (Lipinski definition) is 2. The van der Waals surface area contributed by atoms with Crippen molar-refractivity contribution in [2.45, 2.75) is 18.6 Å². The van der Waals surface area contributed by atoms with Crippen LogP contribution in [0.4, 0.5) is 4.39 Å². The number of rotatable bonds is 3. The molecule has 0 bridgehead atoms. The Hall–Kier alpha value is -2.21. The maximum absolute atomic E-state index is 12.7. The lowest BCUT2D eigenvalue weighted by molar-refractivity contribution is -0.146. The van der Waals surface area contributed by atoms with E-state index in [1.807, 2.05) is 0 Å². The van der Waals surface area contributed by atoms with Gasteiger partial charge in [-0.2, -0.15) is 0 Å². The Labute approximate surface area is 114 Å². The number of aliphatic hydroxyl groups is 1. The van der Waals surface area contributed by atoms with Gasteiger partial charge < -0.3 is 15.1 Å². The van der Waals surface area contributed by atoms with Crippen molar-refractivity contribution in [3.05, 3.63) is 41.7 Å². The van der Waals surface area contributed by atoms with E-state index < -0.39 is 24.0 Å². The van der Waals surface area contributed by atoms with Crippen LogP contribution in [0.1, 0.15) is 12.0 Å². The minimum Gasteiger partial charge on any atom is -0.480 e. The number of benzene rings is 1. The first-order chi connectivity index (χ1) is 9.47. The SMILES string of the molecule is O=C(O)[C@@H]1CC(O)CN1C(=O)/C=C/c1ccc(F)cc1. The van der Waals surface area contributed by atoms with E-state index in [2.05, 4.69) is 0 Å². The predicted molar refractivity (Wildman–Crippen MR) is 69.2 cm³/mol. The number of aliphatic hydroxyl groups excluding tert-OH is 1. The number of hydrogen-bond acceptors (Lipinski definition) is 3. The Balaban J connectivity index is 2.07. The second-order valence-corrected chi connectivity index (χ2v) is 4.62. The third-order valence-electron chi connectivity index (χ3n) is 3.14. The summed E-state index contributed by atoms with van der Waals surface area (Å²) in [6, 6.07) is 4.54. The molecule has 1 unspecified atom stereocenters. The second-order valence-electron chi connectivity index (χ2n) is 4.62. The van der Waals surface area contributed by atoms with E-state index in [1.54, 1.807) is 0 Å². The summed E-state index contributed by atoms with van der Waals surface area (Å²) >= 11 is 0. The van der Waals surface area contributed by atoms with Gasteiger partial charge in [0.15, 0.2) is 0 Å². The fraction of sp³-hybridized carbons (Fsp3) is 0.286. The Morgan fingerprint density at radius 3 is 2.55 bits per heavy atom. The highest BCUT2D eigenvalue weighted by molar-refractivity contribution is 5.94. The Morgan fingerprint density at radius 1 is 1.30 bits per heavy atom. The lowest BCUT2D eigenvalue weighted by Crippen LogP contribution is -2.39. The van der Waals surface area contributed by atoms with Crippen LogP contribution in [0.3, 0.4) is 0 Å². The average Bonchev–Trinajstić information content (AvgIpc) is 2.80. The molecule has 0 aliphatic carbocycles. The van der Waals surface area contributed by atoms with Crippen molar-refractivity contribution in [1.82, 2.24) is 4.90 Å². The number of β-amino-alcohol motifs (C(OH)–C–C–N with tert-alkyl or cyclic N) is 1. The second kappa shape index (κ2) is 5.83. The van der Waals surface area contributed by atoms with Gasteiger partial charge in [-0.05, 0) is 23.8 Å². The molecule has 2 rings (SSSR count). The first kappa shape index (κ1) is 14.2. The minimum absolute atomic E-state index is 0.00353. The zero-order valence-electron chi connectivity index (χ0n) is 10.6. The molecule has 106 valence electrons. The van der Waals surface area contributed by atoms with Crippen molar-refractivity contribution in [2.75, 3.05) is 6.54 Å². The highest BCUT2D eigenvalue weighted by Crippen LogP contribution is 2.19. The molecule has 1 aromatic carbocycles. The summed E-state index contributed by atoms with van der Waals surface area (Å²) in [5.41, 5.74) is 0.631. The predicted octanol–water partition coefficient (Wildman–Crippen LogP) is 0.885. The number of carbonyl (C=O) groups excluding carboxylic acids is 1. The van der Waals surface area contributed by atoms with Crippen LogP contribution in [0.25, 0.3) is 6.08 Å². The average molecular weight is 279 g/mol. The quantitative estimate of drug-likeness (QED) is 0.805. The maximum Gasteiger partial charge on any atom is 0.326 e. The minimum atomic E-state index is -1.13. The van der Waals surface area contributed by atoms with Gasteiger partial charge >= 0.3 is 5.97 Å². The fourth-order valence-corrected chi connectivity index (χ4v) is 2.13. The number of likely N-dealkylation sites (tertiary alicyclic amines) is 1. The first-order valence-electron chi connectivity index (χ1n) is 6.12. The van der Waals surface area contributed by atoms with Gasteiger partial charge in [0, 0.05) is 19.0 Å². The van der Waals surface area contributed by atoms with Crippen LogP contribution in [0, 0.1) is 5.82 Å². The molecule has 1 saturated heterocycles. The smallest absolute Gasteiger partial charge is 0.326 e. The fourth-order valence-electron chi connectivity index (χ4n) is 2.13. The van der Waals surface area contributed by atoms with Gasteiger partial charge in [-0.3, -0.25) is 4.79 Å². The van der Waals surface area contributed by atoms with Gasteiger partial charge in [0.2, 0.25) is 5.91 Å². The molecule has 2 N–H and O–H groups in total. The Bertz CT molecular complexity index is 541. The normalized spacial score (nSPS) is 22.4. The van der Waals surface area contributed by atoms with E-state index in [0.717, 1.165) is 4.90 Å². The lowest BCUT2D eigenvalue weighted by atomic mass is 10.2. The van der Waals surface area contributed by atoms with E-state index in [0.29, 0.717) is 5.56 Å². The number of nitrogens with zero attached hydrogens (tertiary/aromatic N) is 1. The van der Waals surface area contributed by atoms with Gasteiger partial charge in [0.25, 0.3) is 0 Å². The highest BCUT2D eigenvalue weighted by Gasteiger charge is 2.37. The summed E-state index contributed by atoms with van der Waals surface area (Å²) in [4.78, 5) is 24.1. The Kier molecular flexibility index (Phi) is 4.14. The first-order valence-corrected chi connectivity index (χ1v) is 6.12. The molecule has 1 aromatic rings. The van der Waals surface area contributed by atoms with Gasteiger partial charge in [0.1, 0.15) is 11.9 Å². The van der Waals surface area contributed by atoms with Crippen LogP contribution in [0.2, 0.25) is 0 Å². The van der Waals surface area contributed by atoms with E-state index in [1.165, 1.54) is 36.4 Å². The molecule has 5 nitrogen and oxygen atoms in total. The zero-order valence-corrected chi connectivity index (χ0v) is 10.6. The molecular formula is C14H14FNO4. The highest BCUT2D eigenvalue weighted by atomic mass is 19.1. The van der Waals surface area contributed by atoms with E-state index in [-0.39, 0.29) is 18.8 Å². The van der Waals surface area contributed by atoms with Crippen LogP contribution < -0.4 is 0 Å². The molecule has 20 heavy (non-hydrogen) atoms. The summed E-state index contributed by atoms with van der Waals surface area (Å²) in [6.45, 7) is 0.00353. The van der Waals surface area contributed by atoms with E-state index in [4.69, 9.17) is 5.11 Å². The van der Waals surface area contributed by atoms with E-state index >= 15 is 0 Å². The van der Waals surface area contributed by atoms with Gasteiger partial charge in [-0.15, -0.1) is 0 Å². The molecule has 0 saturated carbocycles. The summed E-state index contributed by atoms with van der Waals surface area (Å²) in [5, 5.41) is 18.5. The molecule has 1 aliphatic heterocycles. The van der Waals surface area contributed by atoms with Crippen molar-refractivity contribution < 1.29 is 24.2 Å². The lowest BCUT2D eigenvalue weighted by Gasteiger charge is -2.19. The summed E-state index contributed by atoms with van der Waals surface area (Å²) in [7, 11) is 0. The van der Waals surface area contributed by atoms with Gasteiger partial charge in [0.05, 0.1) is 6.10 Å². The topological polar surface area (TPSA) is 77.8 Å². The molecule has 1 aliphatic rings. The molecule has 1 amide bonds. The summed E-state index contributed by atoms with van der Waals surface area (Å²) in [5.74, 6) is -1.99. The van der Waals surface area contributed by atoms with Gasteiger partial charge in [-0.1, -0.05) is 12.1 Å². The molecule has 1 fully saturated rings. The van der Waals surface area contributed by atoms with E-state index in [9.17, 15) is 19.1 Å². The molecule has 0 aromatic heterocycles. The standard InChI is InChI=1S/C14H14FNO4/c15-10-4-1-9(2-5-10)3-6-13(18)16-8-11(17)7-12(16)14(19)20/h1-6,11-12,17H,7-8H2,(H,19,20)/b6-3+/t11?,12-/m0/s1. The largest absolute Gasteiger partial charge is 0.480 e. The van der Waals surface area contributed by atoms with Crippen LogP contribution in [0.15, 0.2) is 30.3 Å².